The summed E-state index contributed by atoms with van der Waals surface area (Å²) in [5.41, 5.74) is 0.794. The van der Waals surface area contributed by atoms with Crippen LogP contribution in [-0.4, -0.2) is 6.29 Å². The van der Waals surface area contributed by atoms with Gasteiger partial charge in [-0.05, 0) is 24.6 Å². The van der Waals surface area contributed by atoms with Gasteiger partial charge in [0.05, 0.1) is 5.56 Å². The largest absolute Gasteiger partial charge is 0.285 e. The summed E-state index contributed by atoms with van der Waals surface area (Å²) < 4.78 is 12.6. The molecule has 0 unspecified atom stereocenters. The van der Waals surface area contributed by atoms with Gasteiger partial charge >= 0.3 is 0 Å². The fourth-order valence-electron chi connectivity index (χ4n) is 0.703. The second-order valence-corrected chi connectivity index (χ2v) is 2.09. The van der Waals surface area contributed by atoms with Crippen molar-refractivity contribution in [3.63, 3.8) is 0 Å². The third kappa shape index (κ3) is 1.21. The molecule has 0 aliphatic heterocycles. The van der Waals surface area contributed by atoms with E-state index in [2.05, 4.69) is 0 Å². The van der Waals surface area contributed by atoms with E-state index in [0.29, 0.717) is 0 Å². The van der Waals surface area contributed by atoms with Gasteiger partial charge in [0.25, 0.3) is 0 Å². The highest BCUT2D eigenvalue weighted by Crippen LogP contribution is 2.06. The Morgan fingerprint density at radius 1 is 1.50 bits per heavy atom. The predicted molar refractivity (Wildman–Crippen MR) is 35.9 cm³/mol. The molecular formula is C8H6FO. The van der Waals surface area contributed by atoms with Gasteiger partial charge in [-0.2, -0.15) is 0 Å². The van der Waals surface area contributed by atoms with E-state index in [-0.39, 0.29) is 5.56 Å². The Kier molecular flexibility index (Phi) is 1.81. The molecule has 0 aliphatic carbocycles. The zero-order valence-electron chi connectivity index (χ0n) is 5.52. The van der Waals surface area contributed by atoms with Crippen molar-refractivity contribution in [1.82, 2.24) is 0 Å². The van der Waals surface area contributed by atoms with Crippen molar-refractivity contribution >= 4 is 6.29 Å². The molecule has 0 atom stereocenters. The maximum Gasteiger partial charge on any atom is 0.236 e. The fourth-order valence-corrected chi connectivity index (χ4v) is 0.703. The van der Waals surface area contributed by atoms with E-state index in [1.807, 2.05) is 0 Å². The molecule has 0 N–H and O–H groups in total. The molecule has 0 aromatic heterocycles. The molecule has 0 heterocycles. The van der Waals surface area contributed by atoms with Crippen molar-refractivity contribution in [2.45, 2.75) is 6.92 Å². The zero-order chi connectivity index (χ0) is 7.56. The minimum atomic E-state index is -0.505. The second-order valence-electron chi connectivity index (χ2n) is 2.09. The molecule has 1 aromatic carbocycles. The predicted octanol–water partition coefficient (Wildman–Crippen LogP) is 1.59. The first-order valence-corrected chi connectivity index (χ1v) is 2.88. The molecule has 0 aliphatic rings. The molecule has 51 valence electrons. The van der Waals surface area contributed by atoms with Crippen molar-refractivity contribution in [3.05, 3.63) is 35.1 Å². The van der Waals surface area contributed by atoms with Crippen molar-refractivity contribution < 1.29 is 9.18 Å². The quantitative estimate of drug-likeness (QED) is 0.574. The lowest BCUT2D eigenvalue weighted by atomic mass is 10.1. The number of hydrogen-bond donors (Lipinski definition) is 0. The van der Waals surface area contributed by atoms with Crippen molar-refractivity contribution in [2.75, 3.05) is 0 Å². The van der Waals surface area contributed by atoms with Gasteiger partial charge in [0, 0.05) is 0 Å². The summed E-state index contributed by atoms with van der Waals surface area (Å²) in [6, 6.07) is 4.39. The molecule has 0 saturated heterocycles. The molecule has 10 heavy (non-hydrogen) atoms. The smallest absolute Gasteiger partial charge is 0.236 e. The van der Waals surface area contributed by atoms with Crippen LogP contribution in [0.15, 0.2) is 18.2 Å². The summed E-state index contributed by atoms with van der Waals surface area (Å²) in [5.74, 6) is -0.505. The Morgan fingerprint density at radius 3 is 2.70 bits per heavy atom. The summed E-state index contributed by atoms with van der Waals surface area (Å²) >= 11 is 0. The Balaban J connectivity index is 3.19. The zero-order valence-corrected chi connectivity index (χ0v) is 5.52. The Bertz CT molecular complexity index is 255. The highest BCUT2D eigenvalue weighted by molar-refractivity contribution is 5.75. The van der Waals surface area contributed by atoms with Crippen molar-refractivity contribution in [3.8, 4) is 0 Å². The lowest BCUT2D eigenvalue weighted by Gasteiger charge is -1.93. The number of benzene rings is 1. The van der Waals surface area contributed by atoms with Crippen LogP contribution in [0.2, 0.25) is 0 Å². The van der Waals surface area contributed by atoms with Gasteiger partial charge in [0.2, 0.25) is 6.29 Å². The maximum atomic E-state index is 12.6. The molecule has 0 saturated carbocycles. The van der Waals surface area contributed by atoms with E-state index in [0.717, 1.165) is 5.56 Å². The number of rotatable bonds is 1. The van der Waals surface area contributed by atoms with Crippen LogP contribution >= 0.6 is 0 Å². The van der Waals surface area contributed by atoms with Gasteiger partial charge in [-0.15, -0.1) is 0 Å². The third-order valence-electron chi connectivity index (χ3n) is 1.23. The monoisotopic (exact) mass is 137 g/mol. The number of aryl methyl sites for hydroxylation is 1. The summed E-state index contributed by atoms with van der Waals surface area (Å²) in [6.45, 7) is 1.76. The molecule has 0 amide bonds. The highest BCUT2D eigenvalue weighted by Gasteiger charge is 1.99. The Hall–Kier alpha value is -1.18. The summed E-state index contributed by atoms with van der Waals surface area (Å²) in [6.07, 6.45) is 1.50. The van der Waals surface area contributed by atoms with E-state index >= 15 is 0 Å². The van der Waals surface area contributed by atoms with Gasteiger partial charge in [-0.1, -0.05) is 6.07 Å². The minimum absolute atomic E-state index is 0.00870. The van der Waals surface area contributed by atoms with Crippen LogP contribution in [0.4, 0.5) is 4.39 Å². The van der Waals surface area contributed by atoms with Gasteiger partial charge in [-0.3, -0.25) is 4.79 Å². The van der Waals surface area contributed by atoms with Gasteiger partial charge < -0.3 is 0 Å². The molecule has 1 nitrogen and oxygen atoms in total. The van der Waals surface area contributed by atoms with Crippen LogP contribution in [0.1, 0.15) is 11.1 Å². The Morgan fingerprint density at radius 2 is 2.20 bits per heavy atom. The normalized spacial score (nSPS) is 9.40. The summed E-state index contributed by atoms with van der Waals surface area (Å²) in [5, 5.41) is 0. The third-order valence-corrected chi connectivity index (χ3v) is 1.23. The van der Waals surface area contributed by atoms with Crippen molar-refractivity contribution in [2.24, 2.45) is 0 Å². The van der Waals surface area contributed by atoms with Crippen LogP contribution in [0.5, 0.6) is 0 Å². The topological polar surface area (TPSA) is 17.1 Å². The van der Waals surface area contributed by atoms with Crippen LogP contribution in [0, 0.1) is 12.7 Å². The molecule has 1 aromatic rings. The fraction of sp³-hybridized carbons (Fsp3) is 0.125. The van der Waals surface area contributed by atoms with Gasteiger partial charge in [0.15, 0.2) is 0 Å². The van der Waals surface area contributed by atoms with Crippen LogP contribution in [-0.2, 0) is 4.79 Å². The van der Waals surface area contributed by atoms with Crippen molar-refractivity contribution in [1.29, 1.82) is 0 Å². The summed E-state index contributed by atoms with van der Waals surface area (Å²) in [4.78, 5) is 9.97. The molecule has 1 radical (unpaired) electrons. The van der Waals surface area contributed by atoms with Gasteiger partial charge in [-0.25, -0.2) is 4.39 Å². The average molecular weight is 137 g/mol. The molecule has 2 heteroatoms. The van der Waals surface area contributed by atoms with Gasteiger partial charge in [0.1, 0.15) is 5.82 Å². The van der Waals surface area contributed by atoms with E-state index in [4.69, 9.17) is 0 Å². The molecule has 1 rings (SSSR count). The maximum absolute atomic E-state index is 12.6. The van der Waals surface area contributed by atoms with E-state index in [9.17, 15) is 9.18 Å². The molecule has 0 spiro atoms. The van der Waals surface area contributed by atoms with Crippen LogP contribution in [0.25, 0.3) is 0 Å². The molecular weight excluding hydrogens is 131 g/mol. The van der Waals surface area contributed by atoms with Crippen LogP contribution in [0.3, 0.4) is 0 Å². The lowest BCUT2D eigenvalue weighted by molar-refractivity contribution is 0.556. The van der Waals surface area contributed by atoms with E-state index in [1.54, 1.807) is 13.0 Å². The molecule has 0 fully saturated rings. The Labute approximate surface area is 58.5 Å². The standard InChI is InChI=1S/C8H6FO/c1-6-2-3-7(5-10)8(9)4-6/h2-4H,1H3. The first-order chi connectivity index (χ1) is 4.74. The average Bonchev–Trinajstić information content (AvgIpc) is 1.88. The SMILES string of the molecule is Cc1ccc([C]=O)c(F)c1. The van der Waals surface area contributed by atoms with Crippen LogP contribution < -0.4 is 0 Å². The first-order valence-electron chi connectivity index (χ1n) is 2.88. The van der Waals surface area contributed by atoms with E-state index in [1.165, 1.54) is 18.4 Å². The number of carbonyl (C=O) groups excluding carboxylic acids is 1. The summed E-state index contributed by atoms with van der Waals surface area (Å²) in [7, 11) is 0. The first kappa shape index (κ1) is 6.93. The number of halogens is 1. The highest BCUT2D eigenvalue weighted by atomic mass is 19.1. The lowest BCUT2D eigenvalue weighted by Crippen LogP contribution is -1.87. The van der Waals surface area contributed by atoms with E-state index < -0.39 is 5.82 Å². The minimum Gasteiger partial charge on any atom is -0.285 e. The number of hydrogen-bond acceptors (Lipinski definition) is 1. The second kappa shape index (κ2) is 2.60. The molecule has 0 bridgehead atoms.